The second kappa shape index (κ2) is 12.2. The summed E-state index contributed by atoms with van der Waals surface area (Å²) in [6, 6.07) is 19.8. The molecule has 0 radical (unpaired) electrons. The number of benzene rings is 2. The predicted octanol–water partition coefficient (Wildman–Crippen LogP) is 6.31. The number of nitrogens with zero attached hydrogens (tertiary/aromatic N) is 4. The highest BCUT2D eigenvalue weighted by Gasteiger charge is 2.23. The largest absolute Gasteiger partial charge is 0.352 e. The van der Waals surface area contributed by atoms with Gasteiger partial charge in [-0.3, -0.25) is 4.90 Å². The van der Waals surface area contributed by atoms with E-state index in [-0.39, 0.29) is 0 Å². The Morgan fingerprint density at radius 2 is 1.44 bits per heavy atom. The summed E-state index contributed by atoms with van der Waals surface area (Å²) in [5, 5.41) is 10.5. The fourth-order valence-corrected chi connectivity index (χ4v) is 5.44. The summed E-state index contributed by atoms with van der Waals surface area (Å²) in [4.78, 5) is 16.8. The molecule has 36 heavy (non-hydrogen) atoms. The van der Waals surface area contributed by atoms with Crippen LogP contribution in [-0.2, 0) is 0 Å². The third-order valence-electron chi connectivity index (χ3n) is 7.47. The van der Waals surface area contributed by atoms with E-state index in [4.69, 9.17) is 15.0 Å². The average molecular weight is 486 g/mol. The lowest BCUT2D eigenvalue weighted by molar-refractivity contribution is 0.277. The molecule has 2 fully saturated rings. The van der Waals surface area contributed by atoms with Crippen LogP contribution in [0, 0.1) is 0 Å². The fraction of sp³-hybridized carbons (Fsp3) is 0.483. The molecule has 1 atom stereocenters. The number of hydrogen-bond donors (Lipinski definition) is 3. The zero-order valence-corrected chi connectivity index (χ0v) is 21.4. The van der Waals surface area contributed by atoms with Crippen LogP contribution >= 0.6 is 0 Å². The number of rotatable bonds is 9. The molecule has 7 nitrogen and oxygen atoms in total. The minimum atomic E-state index is 0.422. The molecular formula is C29H39N7. The topological polar surface area (TPSA) is 78.0 Å². The molecule has 0 bridgehead atoms. The Bertz CT molecular complexity index is 1080. The highest BCUT2D eigenvalue weighted by Crippen LogP contribution is 2.25. The second-order valence-corrected chi connectivity index (χ2v) is 10.0. The van der Waals surface area contributed by atoms with Crippen molar-refractivity contribution in [1.29, 1.82) is 0 Å². The van der Waals surface area contributed by atoms with Crippen LogP contribution in [-0.4, -0.2) is 51.6 Å². The minimum Gasteiger partial charge on any atom is -0.352 e. The van der Waals surface area contributed by atoms with Crippen molar-refractivity contribution in [3.8, 4) is 11.1 Å². The molecule has 0 amide bonds. The van der Waals surface area contributed by atoms with E-state index >= 15 is 0 Å². The SMILES string of the molecule is CCN1CCCC1CNc1nc(Nc2ccc(-c3ccccc3)cc2)nc(NC2CCCCCC2)n1. The Morgan fingerprint density at radius 1 is 0.750 bits per heavy atom. The van der Waals surface area contributed by atoms with Crippen LogP contribution in [0.15, 0.2) is 54.6 Å². The van der Waals surface area contributed by atoms with Crippen LogP contribution in [0.1, 0.15) is 58.3 Å². The summed E-state index contributed by atoms with van der Waals surface area (Å²) in [7, 11) is 0. The van der Waals surface area contributed by atoms with E-state index in [2.05, 4.69) is 76.3 Å². The van der Waals surface area contributed by atoms with Crippen molar-refractivity contribution in [3.63, 3.8) is 0 Å². The van der Waals surface area contributed by atoms with Gasteiger partial charge in [-0.2, -0.15) is 15.0 Å². The standard InChI is InChI=1S/C29H39N7/c1-2-36-20-10-15-26(36)21-30-27-33-28(31-24-13-8-3-4-9-14-24)35-29(34-27)32-25-18-16-23(17-19-25)22-11-6-5-7-12-22/h5-7,11-12,16-19,24,26H,2-4,8-10,13-15,20-21H2,1H3,(H3,30,31,32,33,34,35). The lowest BCUT2D eigenvalue weighted by Gasteiger charge is -2.23. The molecule has 1 aromatic heterocycles. The Labute approximate surface area is 215 Å². The van der Waals surface area contributed by atoms with Gasteiger partial charge >= 0.3 is 0 Å². The first-order valence-electron chi connectivity index (χ1n) is 13.7. The van der Waals surface area contributed by atoms with Gasteiger partial charge in [0.1, 0.15) is 0 Å². The van der Waals surface area contributed by atoms with E-state index in [9.17, 15) is 0 Å². The van der Waals surface area contributed by atoms with Crippen LogP contribution in [0.25, 0.3) is 11.1 Å². The summed E-state index contributed by atoms with van der Waals surface area (Å²) in [5.74, 6) is 1.85. The molecule has 3 aromatic rings. The molecule has 2 aliphatic rings. The van der Waals surface area contributed by atoms with Gasteiger partial charge in [0.15, 0.2) is 0 Å². The first-order chi connectivity index (χ1) is 17.8. The number of nitrogens with one attached hydrogen (secondary N) is 3. The lowest BCUT2D eigenvalue weighted by atomic mass is 10.1. The number of hydrogen-bond acceptors (Lipinski definition) is 7. The molecular weight excluding hydrogens is 446 g/mol. The lowest BCUT2D eigenvalue weighted by Crippen LogP contribution is -2.35. The first-order valence-corrected chi connectivity index (χ1v) is 13.7. The van der Waals surface area contributed by atoms with Crippen molar-refractivity contribution in [2.24, 2.45) is 0 Å². The third-order valence-corrected chi connectivity index (χ3v) is 7.47. The van der Waals surface area contributed by atoms with E-state index in [0.717, 1.165) is 18.8 Å². The second-order valence-electron chi connectivity index (χ2n) is 10.0. The zero-order valence-electron chi connectivity index (χ0n) is 21.4. The molecule has 0 spiro atoms. The Kier molecular flexibility index (Phi) is 8.28. The van der Waals surface area contributed by atoms with E-state index in [0.29, 0.717) is 29.9 Å². The number of aromatic nitrogens is 3. The van der Waals surface area contributed by atoms with Crippen molar-refractivity contribution >= 4 is 23.5 Å². The third kappa shape index (κ3) is 6.52. The summed E-state index contributed by atoms with van der Waals surface area (Å²) >= 11 is 0. The van der Waals surface area contributed by atoms with Gasteiger partial charge in [-0.25, -0.2) is 0 Å². The molecule has 5 rings (SSSR count). The molecule has 2 aromatic carbocycles. The van der Waals surface area contributed by atoms with E-state index < -0.39 is 0 Å². The maximum absolute atomic E-state index is 4.76. The van der Waals surface area contributed by atoms with Crippen LogP contribution in [0.2, 0.25) is 0 Å². The van der Waals surface area contributed by atoms with Crippen molar-refractivity contribution < 1.29 is 0 Å². The molecule has 7 heteroatoms. The van der Waals surface area contributed by atoms with Gasteiger partial charge < -0.3 is 16.0 Å². The molecule has 1 aliphatic carbocycles. The normalized spacial score (nSPS) is 19.1. The quantitative estimate of drug-likeness (QED) is 0.306. The average Bonchev–Trinajstić information content (AvgIpc) is 3.23. The Balaban J connectivity index is 1.32. The molecule has 2 heterocycles. The van der Waals surface area contributed by atoms with Crippen LogP contribution in [0.3, 0.4) is 0 Å². The maximum atomic E-state index is 4.76. The van der Waals surface area contributed by atoms with Gasteiger partial charge in [0.2, 0.25) is 17.8 Å². The number of likely N-dealkylation sites (N-methyl/N-ethyl adjacent to an activating group) is 1. The predicted molar refractivity (Wildman–Crippen MR) is 149 cm³/mol. The molecule has 1 unspecified atom stereocenters. The maximum Gasteiger partial charge on any atom is 0.233 e. The van der Waals surface area contributed by atoms with Crippen molar-refractivity contribution in [3.05, 3.63) is 54.6 Å². The van der Waals surface area contributed by atoms with Crippen molar-refractivity contribution in [2.45, 2.75) is 70.4 Å². The zero-order chi connectivity index (χ0) is 24.6. The molecule has 1 saturated carbocycles. The smallest absolute Gasteiger partial charge is 0.233 e. The Morgan fingerprint density at radius 3 is 2.19 bits per heavy atom. The minimum absolute atomic E-state index is 0.422. The summed E-state index contributed by atoms with van der Waals surface area (Å²) in [6.07, 6.45) is 10.0. The van der Waals surface area contributed by atoms with Gasteiger partial charge in [-0.1, -0.05) is 75.1 Å². The number of likely N-dealkylation sites (tertiary alicyclic amines) is 1. The highest BCUT2D eigenvalue weighted by molar-refractivity contribution is 5.67. The molecule has 190 valence electrons. The van der Waals surface area contributed by atoms with Crippen LogP contribution < -0.4 is 16.0 Å². The van der Waals surface area contributed by atoms with Gasteiger partial charge in [0.25, 0.3) is 0 Å². The number of anilines is 4. The van der Waals surface area contributed by atoms with Gasteiger partial charge in [0.05, 0.1) is 0 Å². The summed E-state index contributed by atoms with van der Waals surface area (Å²) < 4.78 is 0. The van der Waals surface area contributed by atoms with Gasteiger partial charge in [-0.15, -0.1) is 0 Å². The summed E-state index contributed by atoms with van der Waals surface area (Å²) in [5.41, 5.74) is 3.35. The molecule has 1 aliphatic heterocycles. The van der Waals surface area contributed by atoms with Gasteiger partial charge in [0, 0.05) is 24.3 Å². The highest BCUT2D eigenvalue weighted by atomic mass is 15.3. The van der Waals surface area contributed by atoms with E-state index in [1.165, 1.54) is 69.0 Å². The fourth-order valence-electron chi connectivity index (χ4n) is 5.44. The van der Waals surface area contributed by atoms with Crippen molar-refractivity contribution in [1.82, 2.24) is 19.9 Å². The summed E-state index contributed by atoms with van der Waals surface area (Å²) in [6.45, 7) is 5.36. The van der Waals surface area contributed by atoms with Crippen LogP contribution in [0.4, 0.5) is 23.5 Å². The first kappa shape index (κ1) is 24.5. The monoisotopic (exact) mass is 485 g/mol. The molecule has 3 N–H and O–H groups in total. The Hall–Kier alpha value is -3.19. The van der Waals surface area contributed by atoms with E-state index in [1.54, 1.807) is 0 Å². The molecule has 1 saturated heterocycles. The van der Waals surface area contributed by atoms with Crippen LogP contribution in [0.5, 0.6) is 0 Å². The van der Waals surface area contributed by atoms with Gasteiger partial charge in [-0.05, 0) is 62.0 Å². The van der Waals surface area contributed by atoms with E-state index in [1.807, 2.05) is 6.07 Å². The van der Waals surface area contributed by atoms with Crippen molar-refractivity contribution in [2.75, 3.05) is 35.6 Å².